The lowest BCUT2D eigenvalue weighted by Crippen LogP contribution is -2.37. The lowest BCUT2D eigenvalue weighted by atomic mass is 9.79. The van der Waals surface area contributed by atoms with Crippen molar-refractivity contribution in [2.75, 3.05) is 12.8 Å². The quantitative estimate of drug-likeness (QED) is 0.858. The van der Waals surface area contributed by atoms with Crippen LogP contribution in [0, 0.1) is 6.92 Å². The molecule has 0 spiro atoms. The number of hydrogen-bond acceptors (Lipinski definition) is 5. The van der Waals surface area contributed by atoms with Gasteiger partial charge in [-0.3, -0.25) is 0 Å². The number of aromatic nitrogens is 2. The molecule has 0 radical (unpaired) electrons. The van der Waals surface area contributed by atoms with E-state index in [9.17, 15) is 0 Å². The Morgan fingerprint density at radius 3 is 2.79 bits per heavy atom. The highest BCUT2D eigenvalue weighted by atomic mass is 16.5. The standard InChI is InChI=1S/C14H17N3O2/c1-9-4-5-10(15)8-11(9)12-16-13(17-19-12)14(18-2)6-3-7-14/h4-5,8H,3,6-7,15H2,1-2H3. The van der Waals surface area contributed by atoms with E-state index in [0.717, 1.165) is 30.4 Å². The largest absolute Gasteiger partial charge is 0.399 e. The minimum Gasteiger partial charge on any atom is -0.399 e. The Balaban J connectivity index is 1.99. The van der Waals surface area contributed by atoms with Crippen molar-refractivity contribution in [3.05, 3.63) is 29.6 Å². The van der Waals surface area contributed by atoms with Crippen LogP contribution in [0.15, 0.2) is 22.7 Å². The van der Waals surface area contributed by atoms with Crippen molar-refractivity contribution in [2.24, 2.45) is 0 Å². The summed E-state index contributed by atoms with van der Waals surface area (Å²) in [4.78, 5) is 4.49. The molecule has 1 aromatic heterocycles. The van der Waals surface area contributed by atoms with E-state index in [1.165, 1.54) is 0 Å². The third-order valence-electron chi connectivity index (χ3n) is 3.88. The SMILES string of the molecule is COC1(c2noc(-c3cc(N)ccc3C)n2)CCC1. The summed E-state index contributed by atoms with van der Waals surface area (Å²) in [7, 11) is 1.70. The van der Waals surface area contributed by atoms with Gasteiger partial charge in [-0.25, -0.2) is 0 Å². The zero-order chi connectivity index (χ0) is 13.5. The predicted octanol–water partition coefficient (Wildman–Crippen LogP) is 2.65. The molecule has 1 aliphatic carbocycles. The number of nitrogens with two attached hydrogens (primary N) is 1. The number of methoxy groups -OCH3 is 1. The smallest absolute Gasteiger partial charge is 0.258 e. The van der Waals surface area contributed by atoms with Crippen LogP contribution in [0.2, 0.25) is 0 Å². The van der Waals surface area contributed by atoms with Gasteiger partial charge in [-0.05, 0) is 43.9 Å². The van der Waals surface area contributed by atoms with Gasteiger partial charge in [0.05, 0.1) is 0 Å². The molecule has 0 aliphatic heterocycles. The average Bonchev–Trinajstić information content (AvgIpc) is 2.81. The Hall–Kier alpha value is -1.88. The van der Waals surface area contributed by atoms with E-state index in [1.807, 2.05) is 25.1 Å². The summed E-state index contributed by atoms with van der Waals surface area (Å²) >= 11 is 0. The molecule has 1 heterocycles. The molecule has 5 heteroatoms. The summed E-state index contributed by atoms with van der Waals surface area (Å²) in [6, 6.07) is 5.66. The van der Waals surface area contributed by atoms with Gasteiger partial charge in [-0.2, -0.15) is 4.98 Å². The van der Waals surface area contributed by atoms with Gasteiger partial charge in [0, 0.05) is 18.4 Å². The first-order valence-electron chi connectivity index (χ1n) is 6.40. The Morgan fingerprint density at radius 2 is 2.16 bits per heavy atom. The number of rotatable bonds is 3. The highest BCUT2D eigenvalue weighted by Gasteiger charge is 2.43. The number of benzene rings is 1. The lowest BCUT2D eigenvalue weighted by Gasteiger charge is -2.37. The van der Waals surface area contributed by atoms with Crippen molar-refractivity contribution in [3.8, 4) is 11.5 Å². The average molecular weight is 259 g/mol. The number of nitrogen functional groups attached to an aromatic ring is 1. The molecule has 3 rings (SSSR count). The van der Waals surface area contributed by atoms with E-state index in [0.29, 0.717) is 17.4 Å². The highest BCUT2D eigenvalue weighted by Crippen LogP contribution is 2.43. The van der Waals surface area contributed by atoms with Crippen LogP contribution in [0.5, 0.6) is 0 Å². The van der Waals surface area contributed by atoms with Crippen LogP contribution < -0.4 is 5.73 Å². The molecule has 1 saturated carbocycles. The van der Waals surface area contributed by atoms with Gasteiger partial charge in [0.25, 0.3) is 5.89 Å². The van der Waals surface area contributed by atoms with Crippen LogP contribution in [-0.2, 0) is 10.3 Å². The topological polar surface area (TPSA) is 74.2 Å². The van der Waals surface area contributed by atoms with Crippen molar-refractivity contribution in [2.45, 2.75) is 31.8 Å². The number of ether oxygens (including phenoxy) is 1. The molecule has 0 atom stereocenters. The number of nitrogens with zero attached hydrogens (tertiary/aromatic N) is 2. The van der Waals surface area contributed by atoms with Gasteiger partial charge < -0.3 is 15.0 Å². The fourth-order valence-corrected chi connectivity index (χ4v) is 2.40. The maximum Gasteiger partial charge on any atom is 0.258 e. The molecule has 0 unspecified atom stereocenters. The summed E-state index contributed by atoms with van der Waals surface area (Å²) in [5.41, 5.74) is 8.08. The molecular formula is C14H17N3O2. The summed E-state index contributed by atoms with van der Waals surface area (Å²) in [5, 5.41) is 4.08. The first-order chi connectivity index (χ1) is 9.14. The van der Waals surface area contributed by atoms with Gasteiger partial charge in [0.15, 0.2) is 0 Å². The molecule has 1 aliphatic rings. The van der Waals surface area contributed by atoms with Crippen LogP contribution in [-0.4, -0.2) is 17.3 Å². The first-order valence-corrected chi connectivity index (χ1v) is 6.40. The van der Waals surface area contributed by atoms with Crippen LogP contribution in [0.4, 0.5) is 5.69 Å². The number of hydrogen-bond donors (Lipinski definition) is 1. The monoisotopic (exact) mass is 259 g/mol. The van der Waals surface area contributed by atoms with E-state index in [2.05, 4.69) is 10.1 Å². The summed E-state index contributed by atoms with van der Waals surface area (Å²) in [5.74, 6) is 1.14. The molecule has 19 heavy (non-hydrogen) atoms. The normalized spacial score (nSPS) is 17.2. The molecule has 2 N–H and O–H groups in total. The van der Waals surface area contributed by atoms with Crippen molar-refractivity contribution >= 4 is 5.69 Å². The van der Waals surface area contributed by atoms with Crippen LogP contribution in [0.25, 0.3) is 11.5 Å². The van der Waals surface area contributed by atoms with Gasteiger partial charge >= 0.3 is 0 Å². The summed E-state index contributed by atoms with van der Waals surface area (Å²) in [6.45, 7) is 1.99. The number of aryl methyl sites for hydroxylation is 1. The first kappa shape index (κ1) is 12.2. The maximum atomic E-state index is 5.81. The second-order valence-corrected chi connectivity index (χ2v) is 5.05. The van der Waals surface area contributed by atoms with Crippen molar-refractivity contribution in [1.29, 1.82) is 0 Å². The van der Waals surface area contributed by atoms with Crippen molar-refractivity contribution in [1.82, 2.24) is 10.1 Å². The third kappa shape index (κ3) is 1.90. The zero-order valence-corrected chi connectivity index (χ0v) is 11.1. The molecule has 2 aromatic rings. The molecule has 0 amide bonds. The van der Waals surface area contributed by atoms with Crippen LogP contribution >= 0.6 is 0 Å². The van der Waals surface area contributed by atoms with Crippen molar-refractivity contribution < 1.29 is 9.26 Å². The molecule has 0 saturated heterocycles. The maximum absolute atomic E-state index is 5.81. The van der Waals surface area contributed by atoms with Crippen molar-refractivity contribution in [3.63, 3.8) is 0 Å². The van der Waals surface area contributed by atoms with E-state index in [4.69, 9.17) is 15.0 Å². The molecule has 5 nitrogen and oxygen atoms in total. The van der Waals surface area contributed by atoms with Crippen LogP contribution in [0.3, 0.4) is 0 Å². The van der Waals surface area contributed by atoms with Gasteiger partial charge in [0.2, 0.25) is 5.82 Å². The minimum atomic E-state index is -0.351. The van der Waals surface area contributed by atoms with E-state index >= 15 is 0 Å². The molecular weight excluding hydrogens is 242 g/mol. The Bertz CT molecular complexity index is 597. The van der Waals surface area contributed by atoms with E-state index in [-0.39, 0.29) is 5.60 Å². The highest BCUT2D eigenvalue weighted by molar-refractivity contribution is 5.64. The summed E-state index contributed by atoms with van der Waals surface area (Å²) in [6.07, 6.45) is 3.02. The van der Waals surface area contributed by atoms with Gasteiger partial charge in [-0.1, -0.05) is 11.2 Å². The van der Waals surface area contributed by atoms with Gasteiger partial charge in [0.1, 0.15) is 5.60 Å². The lowest BCUT2D eigenvalue weighted by molar-refractivity contribution is -0.0858. The molecule has 1 fully saturated rings. The predicted molar refractivity (Wildman–Crippen MR) is 71.4 cm³/mol. The fourth-order valence-electron chi connectivity index (χ4n) is 2.40. The van der Waals surface area contributed by atoms with Gasteiger partial charge in [-0.15, -0.1) is 0 Å². The van der Waals surface area contributed by atoms with Crippen LogP contribution in [0.1, 0.15) is 30.7 Å². The van der Waals surface area contributed by atoms with E-state index < -0.39 is 0 Å². The number of anilines is 1. The Labute approximate surface area is 111 Å². The molecule has 1 aromatic carbocycles. The summed E-state index contributed by atoms with van der Waals surface area (Å²) < 4.78 is 10.9. The minimum absolute atomic E-state index is 0.351. The second-order valence-electron chi connectivity index (χ2n) is 5.05. The Morgan fingerprint density at radius 1 is 1.37 bits per heavy atom. The Kier molecular flexibility index (Phi) is 2.78. The fraction of sp³-hybridized carbons (Fsp3) is 0.429. The second kappa shape index (κ2) is 4.35. The third-order valence-corrected chi connectivity index (χ3v) is 3.88. The van der Waals surface area contributed by atoms with E-state index in [1.54, 1.807) is 7.11 Å². The zero-order valence-electron chi connectivity index (χ0n) is 11.1. The molecule has 100 valence electrons. The molecule has 0 bridgehead atoms.